The van der Waals surface area contributed by atoms with E-state index < -0.39 is 0 Å². The number of carbonyl (C=O) groups excluding carboxylic acids is 1. The van der Waals surface area contributed by atoms with Crippen LogP contribution in [0.5, 0.6) is 0 Å². The first-order valence-electron chi connectivity index (χ1n) is 8.62. The highest BCUT2D eigenvalue weighted by Gasteiger charge is 2.13. The molecule has 0 radical (unpaired) electrons. The highest BCUT2D eigenvalue weighted by molar-refractivity contribution is 7.14. The number of urea groups is 1. The molecule has 2 amide bonds. The number of aromatic nitrogens is 2. The highest BCUT2D eigenvalue weighted by atomic mass is 32.1. The quantitative estimate of drug-likeness (QED) is 0.513. The van der Waals surface area contributed by atoms with E-state index in [-0.39, 0.29) is 12.1 Å². The number of fused-ring (bicyclic) bond motifs is 1. The zero-order chi connectivity index (χ0) is 18.6. The van der Waals surface area contributed by atoms with E-state index in [9.17, 15) is 4.79 Å². The van der Waals surface area contributed by atoms with Crippen molar-refractivity contribution in [2.45, 2.75) is 13.0 Å². The second kappa shape index (κ2) is 7.55. The molecule has 0 spiro atoms. The number of pyridine rings is 1. The van der Waals surface area contributed by atoms with Gasteiger partial charge >= 0.3 is 6.03 Å². The third kappa shape index (κ3) is 3.80. The summed E-state index contributed by atoms with van der Waals surface area (Å²) in [4.78, 5) is 21.0. The van der Waals surface area contributed by atoms with Crippen molar-refractivity contribution >= 4 is 33.3 Å². The third-order valence-corrected chi connectivity index (χ3v) is 5.08. The molecule has 0 bridgehead atoms. The normalized spacial score (nSPS) is 11.9. The van der Waals surface area contributed by atoms with Crippen LogP contribution in [0, 0.1) is 0 Å². The summed E-state index contributed by atoms with van der Waals surface area (Å²) in [6.45, 7) is 1.98. The van der Waals surface area contributed by atoms with Crippen LogP contribution in [-0.2, 0) is 0 Å². The zero-order valence-corrected chi connectivity index (χ0v) is 15.5. The van der Waals surface area contributed by atoms with Crippen molar-refractivity contribution in [1.29, 1.82) is 0 Å². The number of amides is 2. The lowest BCUT2D eigenvalue weighted by Gasteiger charge is -2.16. The van der Waals surface area contributed by atoms with E-state index in [1.54, 1.807) is 12.4 Å². The second-order valence-electron chi connectivity index (χ2n) is 6.17. The molecule has 27 heavy (non-hydrogen) atoms. The van der Waals surface area contributed by atoms with Gasteiger partial charge in [0.25, 0.3) is 0 Å². The predicted octanol–water partition coefficient (Wildman–Crippen LogP) is 5.24. The Morgan fingerprint density at radius 2 is 1.93 bits per heavy atom. The largest absolute Gasteiger partial charge is 0.331 e. The third-order valence-electron chi connectivity index (χ3n) is 4.32. The summed E-state index contributed by atoms with van der Waals surface area (Å²) in [5.41, 5.74) is 2.80. The average molecular weight is 374 g/mol. The lowest BCUT2D eigenvalue weighted by atomic mass is 10.00. The summed E-state index contributed by atoms with van der Waals surface area (Å²) in [6, 6.07) is 17.7. The van der Waals surface area contributed by atoms with Gasteiger partial charge in [-0.25, -0.2) is 9.78 Å². The van der Waals surface area contributed by atoms with Gasteiger partial charge in [-0.2, -0.15) is 0 Å². The number of nitrogens with one attached hydrogen (secondary N) is 2. The molecule has 0 aliphatic carbocycles. The molecule has 1 atom stereocenters. The Kier molecular flexibility index (Phi) is 4.80. The molecular weight excluding hydrogens is 356 g/mol. The summed E-state index contributed by atoms with van der Waals surface area (Å²) in [5.74, 6) is 0. The smallest absolute Gasteiger partial charge is 0.321 e. The molecule has 2 aromatic heterocycles. The summed E-state index contributed by atoms with van der Waals surface area (Å²) in [6.07, 6.45) is 3.47. The first kappa shape index (κ1) is 17.2. The molecule has 1 unspecified atom stereocenters. The summed E-state index contributed by atoms with van der Waals surface area (Å²) >= 11 is 1.39. The summed E-state index contributed by atoms with van der Waals surface area (Å²) in [5, 5.41) is 10.6. The van der Waals surface area contributed by atoms with Crippen molar-refractivity contribution in [3.05, 3.63) is 77.9 Å². The van der Waals surface area contributed by atoms with Gasteiger partial charge in [-0.15, -0.1) is 11.3 Å². The molecular formula is C21H18N4OS. The van der Waals surface area contributed by atoms with E-state index in [4.69, 9.17) is 0 Å². The Morgan fingerprint density at radius 3 is 2.78 bits per heavy atom. The number of anilines is 1. The van der Waals surface area contributed by atoms with E-state index >= 15 is 0 Å². The standard InChI is InChI=1S/C21H18N4OS/c1-14(17-10-4-7-15-6-2-3-9-18(15)17)23-20(26)25-21-24-19(13-27-21)16-8-5-11-22-12-16/h2-14H,1H3,(H2,23,24,25,26). The Balaban J connectivity index is 1.46. The summed E-state index contributed by atoms with van der Waals surface area (Å²) < 4.78 is 0. The maximum atomic E-state index is 12.4. The van der Waals surface area contributed by atoms with Crippen molar-refractivity contribution < 1.29 is 4.79 Å². The van der Waals surface area contributed by atoms with Gasteiger partial charge in [0, 0.05) is 23.3 Å². The molecule has 2 heterocycles. The Bertz CT molecular complexity index is 1070. The molecule has 0 aliphatic heterocycles. The number of nitrogens with zero attached hydrogens (tertiary/aromatic N) is 2. The minimum Gasteiger partial charge on any atom is -0.331 e. The van der Waals surface area contributed by atoms with Gasteiger partial charge < -0.3 is 5.32 Å². The molecule has 0 saturated carbocycles. The minimum atomic E-state index is -0.275. The average Bonchev–Trinajstić information content (AvgIpc) is 3.16. The van der Waals surface area contributed by atoms with Crippen LogP contribution in [-0.4, -0.2) is 16.0 Å². The van der Waals surface area contributed by atoms with Crippen molar-refractivity contribution in [3.8, 4) is 11.3 Å². The first-order chi connectivity index (χ1) is 13.2. The predicted molar refractivity (Wildman–Crippen MR) is 110 cm³/mol. The van der Waals surface area contributed by atoms with Gasteiger partial charge in [0.05, 0.1) is 11.7 Å². The van der Waals surface area contributed by atoms with Crippen LogP contribution in [0.25, 0.3) is 22.0 Å². The fourth-order valence-corrected chi connectivity index (χ4v) is 3.73. The van der Waals surface area contributed by atoms with E-state index in [0.717, 1.165) is 27.6 Å². The number of rotatable bonds is 4. The highest BCUT2D eigenvalue weighted by Crippen LogP contribution is 2.26. The van der Waals surface area contributed by atoms with E-state index in [1.165, 1.54) is 11.3 Å². The molecule has 0 saturated heterocycles. The van der Waals surface area contributed by atoms with E-state index in [0.29, 0.717) is 5.13 Å². The lowest BCUT2D eigenvalue weighted by Crippen LogP contribution is -2.31. The number of benzene rings is 2. The van der Waals surface area contributed by atoms with Gasteiger partial charge in [0.2, 0.25) is 0 Å². The molecule has 5 nitrogen and oxygen atoms in total. The number of thiazole rings is 1. The topological polar surface area (TPSA) is 66.9 Å². The lowest BCUT2D eigenvalue weighted by molar-refractivity contribution is 0.249. The Hall–Kier alpha value is -3.25. The van der Waals surface area contributed by atoms with Crippen molar-refractivity contribution in [2.24, 2.45) is 0 Å². The number of carbonyl (C=O) groups is 1. The maximum Gasteiger partial charge on any atom is 0.321 e. The minimum absolute atomic E-state index is 0.131. The maximum absolute atomic E-state index is 12.4. The molecule has 4 rings (SSSR count). The molecule has 0 aliphatic rings. The van der Waals surface area contributed by atoms with Crippen LogP contribution in [0.1, 0.15) is 18.5 Å². The molecule has 4 aromatic rings. The zero-order valence-electron chi connectivity index (χ0n) is 14.7. The van der Waals surface area contributed by atoms with E-state index in [2.05, 4.69) is 38.8 Å². The van der Waals surface area contributed by atoms with Gasteiger partial charge in [-0.05, 0) is 35.4 Å². The molecule has 0 fully saturated rings. The SMILES string of the molecule is CC(NC(=O)Nc1nc(-c2cccnc2)cs1)c1cccc2ccccc12. The van der Waals surface area contributed by atoms with Gasteiger partial charge in [-0.3, -0.25) is 10.3 Å². The van der Waals surface area contributed by atoms with E-state index in [1.807, 2.05) is 48.7 Å². The fourth-order valence-electron chi connectivity index (χ4n) is 3.01. The van der Waals surface area contributed by atoms with Crippen molar-refractivity contribution in [3.63, 3.8) is 0 Å². The van der Waals surface area contributed by atoms with Crippen LogP contribution in [0.2, 0.25) is 0 Å². The molecule has 2 aromatic carbocycles. The second-order valence-corrected chi connectivity index (χ2v) is 7.03. The van der Waals surface area contributed by atoms with Crippen LogP contribution in [0.4, 0.5) is 9.93 Å². The Morgan fingerprint density at radius 1 is 1.07 bits per heavy atom. The summed E-state index contributed by atoms with van der Waals surface area (Å²) in [7, 11) is 0. The van der Waals surface area contributed by atoms with Crippen molar-refractivity contribution in [1.82, 2.24) is 15.3 Å². The van der Waals surface area contributed by atoms with Gasteiger partial charge in [0.15, 0.2) is 5.13 Å². The fraction of sp³-hybridized carbons (Fsp3) is 0.0952. The molecule has 134 valence electrons. The van der Waals surface area contributed by atoms with Crippen LogP contribution < -0.4 is 10.6 Å². The molecule has 2 N–H and O–H groups in total. The number of hydrogen-bond donors (Lipinski definition) is 2. The Labute approximate surface area is 161 Å². The number of hydrogen-bond acceptors (Lipinski definition) is 4. The van der Waals surface area contributed by atoms with Crippen LogP contribution in [0.3, 0.4) is 0 Å². The molecule has 6 heteroatoms. The first-order valence-corrected chi connectivity index (χ1v) is 9.50. The van der Waals surface area contributed by atoms with Gasteiger partial charge in [-0.1, -0.05) is 42.5 Å². The monoisotopic (exact) mass is 374 g/mol. The van der Waals surface area contributed by atoms with Crippen molar-refractivity contribution in [2.75, 3.05) is 5.32 Å². The van der Waals surface area contributed by atoms with Gasteiger partial charge in [0.1, 0.15) is 0 Å². The van der Waals surface area contributed by atoms with Crippen LogP contribution >= 0.6 is 11.3 Å². The van der Waals surface area contributed by atoms with Crippen LogP contribution in [0.15, 0.2) is 72.4 Å².